The van der Waals surface area contributed by atoms with Gasteiger partial charge in [0.1, 0.15) is 5.92 Å². The van der Waals surface area contributed by atoms with Gasteiger partial charge in [0.25, 0.3) is 0 Å². The highest BCUT2D eigenvalue weighted by atomic mass is 16.5. The molecule has 0 amide bonds. The second kappa shape index (κ2) is 7.64. The molecule has 1 atom stereocenters. The standard InChI is InChI=1S/C22H26O3/c1-13(2)25-22(24)20(18-10-8-7-9-11-18)21(23)19-15(4)12-14(3)16(5)17(19)6/h7-13,20H,1-6H3. The lowest BCUT2D eigenvalue weighted by Crippen LogP contribution is -2.27. The van der Waals surface area contributed by atoms with E-state index < -0.39 is 11.9 Å². The third-order valence-electron chi connectivity index (χ3n) is 4.59. The van der Waals surface area contributed by atoms with E-state index in [-0.39, 0.29) is 11.9 Å². The molecule has 0 bridgehead atoms. The van der Waals surface area contributed by atoms with Crippen molar-refractivity contribution in [3.63, 3.8) is 0 Å². The Kier molecular flexibility index (Phi) is 5.78. The van der Waals surface area contributed by atoms with Crippen molar-refractivity contribution in [3.8, 4) is 0 Å². The van der Waals surface area contributed by atoms with E-state index in [4.69, 9.17) is 4.74 Å². The van der Waals surface area contributed by atoms with Gasteiger partial charge in [0, 0.05) is 5.56 Å². The third-order valence-corrected chi connectivity index (χ3v) is 4.59. The summed E-state index contributed by atoms with van der Waals surface area (Å²) in [7, 11) is 0. The summed E-state index contributed by atoms with van der Waals surface area (Å²) < 4.78 is 5.38. The minimum atomic E-state index is -0.942. The van der Waals surface area contributed by atoms with Crippen molar-refractivity contribution in [1.29, 1.82) is 0 Å². The van der Waals surface area contributed by atoms with Crippen LogP contribution in [0.3, 0.4) is 0 Å². The highest BCUT2D eigenvalue weighted by Gasteiger charge is 2.33. The van der Waals surface area contributed by atoms with E-state index in [1.165, 1.54) is 0 Å². The van der Waals surface area contributed by atoms with Crippen molar-refractivity contribution in [2.24, 2.45) is 0 Å². The zero-order valence-corrected chi connectivity index (χ0v) is 15.8. The molecule has 1 unspecified atom stereocenters. The summed E-state index contributed by atoms with van der Waals surface area (Å²) in [4.78, 5) is 26.1. The molecule has 0 aliphatic heterocycles. The van der Waals surface area contributed by atoms with Crippen molar-refractivity contribution in [2.45, 2.75) is 53.6 Å². The molecule has 0 aromatic heterocycles. The van der Waals surface area contributed by atoms with Crippen molar-refractivity contribution in [1.82, 2.24) is 0 Å². The molecule has 2 aromatic carbocycles. The van der Waals surface area contributed by atoms with Gasteiger partial charge in [-0.25, -0.2) is 0 Å². The number of ether oxygens (including phenoxy) is 1. The molecule has 3 nitrogen and oxygen atoms in total. The van der Waals surface area contributed by atoms with Gasteiger partial charge in [-0.05, 0) is 69.4 Å². The van der Waals surface area contributed by atoms with Crippen LogP contribution in [0.25, 0.3) is 0 Å². The molecule has 25 heavy (non-hydrogen) atoms. The first-order valence-electron chi connectivity index (χ1n) is 8.61. The summed E-state index contributed by atoms with van der Waals surface area (Å²) in [6.45, 7) is 11.5. The van der Waals surface area contributed by atoms with Gasteiger partial charge in [-0.3, -0.25) is 9.59 Å². The molecule has 0 N–H and O–H groups in total. The Morgan fingerprint density at radius 3 is 2.04 bits per heavy atom. The average Bonchev–Trinajstić information content (AvgIpc) is 2.53. The SMILES string of the molecule is Cc1cc(C)c(C(=O)C(C(=O)OC(C)C)c2ccccc2)c(C)c1C. The van der Waals surface area contributed by atoms with Crippen molar-refractivity contribution in [2.75, 3.05) is 0 Å². The van der Waals surface area contributed by atoms with Gasteiger partial charge >= 0.3 is 5.97 Å². The molecular formula is C22H26O3. The van der Waals surface area contributed by atoms with Crippen molar-refractivity contribution < 1.29 is 14.3 Å². The van der Waals surface area contributed by atoms with Gasteiger partial charge in [0.15, 0.2) is 5.78 Å². The van der Waals surface area contributed by atoms with Crippen LogP contribution in [0.1, 0.15) is 57.9 Å². The number of ketones is 1. The Balaban J connectivity index is 2.57. The maximum atomic E-state index is 13.4. The van der Waals surface area contributed by atoms with Crippen LogP contribution in [0.5, 0.6) is 0 Å². The smallest absolute Gasteiger partial charge is 0.321 e. The molecule has 0 aliphatic rings. The van der Waals surface area contributed by atoms with E-state index in [0.717, 1.165) is 22.3 Å². The lowest BCUT2D eigenvalue weighted by Gasteiger charge is -2.21. The average molecular weight is 338 g/mol. The number of esters is 1. The Morgan fingerprint density at radius 2 is 1.48 bits per heavy atom. The van der Waals surface area contributed by atoms with Crippen LogP contribution in [0.15, 0.2) is 36.4 Å². The molecule has 2 rings (SSSR count). The van der Waals surface area contributed by atoms with E-state index in [0.29, 0.717) is 11.1 Å². The Hall–Kier alpha value is -2.42. The summed E-state index contributed by atoms with van der Waals surface area (Å²) in [5, 5.41) is 0. The second-order valence-corrected chi connectivity index (χ2v) is 6.83. The molecule has 3 heteroatoms. The second-order valence-electron chi connectivity index (χ2n) is 6.83. The van der Waals surface area contributed by atoms with Crippen LogP contribution < -0.4 is 0 Å². The molecule has 0 aliphatic carbocycles. The number of rotatable bonds is 5. The molecule has 2 aromatic rings. The van der Waals surface area contributed by atoms with Crippen molar-refractivity contribution in [3.05, 3.63) is 69.8 Å². The first-order valence-corrected chi connectivity index (χ1v) is 8.61. The maximum absolute atomic E-state index is 13.4. The van der Waals surface area contributed by atoms with Gasteiger partial charge in [0.05, 0.1) is 6.10 Å². The molecular weight excluding hydrogens is 312 g/mol. The van der Waals surface area contributed by atoms with Gasteiger partial charge in [-0.1, -0.05) is 36.4 Å². The zero-order chi connectivity index (χ0) is 18.7. The van der Waals surface area contributed by atoms with E-state index in [1.54, 1.807) is 26.0 Å². The fourth-order valence-corrected chi connectivity index (χ4v) is 3.15. The first-order chi connectivity index (χ1) is 11.7. The zero-order valence-electron chi connectivity index (χ0n) is 15.8. The van der Waals surface area contributed by atoms with Gasteiger partial charge in [-0.15, -0.1) is 0 Å². The van der Waals surface area contributed by atoms with Gasteiger partial charge in [-0.2, -0.15) is 0 Å². The molecule has 0 saturated carbocycles. The number of Topliss-reactive ketones (excluding diaryl/α,β-unsaturated/α-hetero) is 1. The summed E-state index contributed by atoms with van der Waals surface area (Å²) in [6, 6.07) is 11.1. The van der Waals surface area contributed by atoms with Crippen LogP contribution in [0.2, 0.25) is 0 Å². The summed E-state index contributed by atoms with van der Waals surface area (Å²) in [5.41, 5.74) is 5.34. The molecule has 132 valence electrons. The predicted octanol–water partition coefficient (Wildman–Crippen LogP) is 4.84. The molecule has 0 heterocycles. The third kappa shape index (κ3) is 3.98. The lowest BCUT2D eigenvalue weighted by molar-refractivity contribution is -0.147. The van der Waals surface area contributed by atoms with Crippen LogP contribution in [0.4, 0.5) is 0 Å². The largest absolute Gasteiger partial charge is 0.462 e. The lowest BCUT2D eigenvalue weighted by atomic mass is 9.84. The highest BCUT2D eigenvalue weighted by Crippen LogP contribution is 2.29. The normalized spacial score (nSPS) is 12.1. The van der Waals surface area contributed by atoms with Crippen LogP contribution in [0, 0.1) is 27.7 Å². The molecule has 0 spiro atoms. The molecule has 0 saturated heterocycles. The number of aryl methyl sites for hydroxylation is 2. The molecule has 0 radical (unpaired) electrons. The monoisotopic (exact) mass is 338 g/mol. The Labute approximate surface area is 150 Å². The number of hydrogen-bond donors (Lipinski definition) is 0. The van der Waals surface area contributed by atoms with Crippen LogP contribution in [-0.4, -0.2) is 17.9 Å². The van der Waals surface area contributed by atoms with Gasteiger partial charge < -0.3 is 4.74 Å². The van der Waals surface area contributed by atoms with E-state index in [2.05, 4.69) is 0 Å². The fraction of sp³-hybridized carbons (Fsp3) is 0.364. The van der Waals surface area contributed by atoms with E-state index in [9.17, 15) is 9.59 Å². The fourth-order valence-electron chi connectivity index (χ4n) is 3.15. The number of carbonyl (C=O) groups excluding carboxylic acids is 2. The quantitative estimate of drug-likeness (QED) is 0.445. The van der Waals surface area contributed by atoms with E-state index in [1.807, 2.05) is 52.0 Å². The van der Waals surface area contributed by atoms with Crippen LogP contribution >= 0.6 is 0 Å². The Morgan fingerprint density at radius 1 is 0.880 bits per heavy atom. The number of benzene rings is 2. The summed E-state index contributed by atoms with van der Waals surface area (Å²) in [5.74, 6) is -1.64. The topological polar surface area (TPSA) is 43.4 Å². The van der Waals surface area contributed by atoms with Crippen LogP contribution in [-0.2, 0) is 9.53 Å². The Bertz CT molecular complexity index is 789. The minimum Gasteiger partial charge on any atom is -0.462 e. The highest BCUT2D eigenvalue weighted by molar-refractivity contribution is 6.14. The van der Waals surface area contributed by atoms with Gasteiger partial charge in [0.2, 0.25) is 0 Å². The number of carbonyl (C=O) groups is 2. The predicted molar refractivity (Wildman–Crippen MR) is 100 cm³/mol. The first kappa shape index (κ1) is 18.9. The molecule has 0 fully saturated rings. The minimum absolute atomic E-state index is 0.199. The van der Waals surface area contributed by atoms with E-state index >= 15 is 0 Å². The maximum Gasteiger partial charge on any atom is 0.321 e. The number of hydrogen-bond acceptors (Lipinski definition) is 3. The summed E-state index contributed by atoms with van der Waals surface area (Å²) >= 11 is 0. The summed E-state index contributed by atoms with van der Waals surface area (Å²) in [6.07, 6.45) is -0.270. The van der Waals surface area contributed by atoms with Crippen molar-refractivity contribution >= 4 is 11.8 Å².